The van der Waals surface area contributed by atoms with Crippen LogP contribution in [0.2, 0.25) is 0 Å². The number of alkyl halides is 6. The van der Waals surface area contributed by atoms with Crippen LogP contribution in [-0.4, -0.2) is 37.4 Å². The number of unbranched alkanes of at least 4 members (excludes halogenated alkanes) is 2. The highest BCUT2D eigenvalue weighted by molar-refractivity contribution is 5.78. The Balaban J connectivity index is 1.18. The predicted octanol–water partition coefficient (Wildman–Crippen LogP) is 9.07. The van der Waals surface area contributed by atoms with Crippen LogP contribution in [0.5, 0.6) is 11.5 Å². The number of hydrogen-bond donors (Lipinski definition) is 0. The first-order valence-corrected chi connectivity index (χ1v) is 16.9. The van der Waals surface area contributed by atoms with E-state index in [9.17, 15) is 35.9 Å². The Kier molecular flexibility index (Phi) is 11.6. The Bertz CT molecular complexity index is 1080. The Hall–Kier alpha value is -2.34. The van der Waals surface area contributed by atoms with Gasteiger partial charge in [0.2, 0.25) is 0 Å². The van der Waals surface area contributed by atoms with Gasteiger partial charge in [0.05, 0.1) is 37.3 Å². The second-order valence-electron chi connectivity index (χ2n) is 13.6. The van der Waals surface area contributed by atoms with Crippen LogP contribution in [0.3, 0.4) is 0 Å². The number of epoxide rings is 2. The van der Waals surface area contributed by atoms with Crippen molar-refractivity contribution in [2.24, 2.45) is 23.7 Å². The molecule has 2 unspecified atom stereocenters. The first kappa shape index (κ1) is 35.0. The Morgan fingerprint density at radius 3 is 1.22 bits per heavy atom. The van der Waals surface area contributed by atoms with Crippen molar-refractivity contribution in [3.63, 3.8) is 0 Å². The van der Waals surface area contributed by atoms with Gasteiger partial charge in [0.25, 0.3) is 0 Å². The van der Waals surface area contributed by atoms with Crippen molar-refractivity contribution in [2.45, 2.75) is 127 Å². The second-order valence-corrected chi connectivity index (χ2v) is 13.6. The van der Waals surface area contributed by atoms with Crippen LogP contribution < -0.4 is 9.47 Å². The summed E-state index contributed by atoms with van der Waals surface area (Å²) in [4.78, 5) is 25.8. The van der Waals surface area contributed by atoms with Gasteiger partial charge in [-0.15, -0.1) is 0 Å². The summed E-state index contributed by atoms with van der Waals surface area (Å²) in [6.45, 7) is 1.64. The van der Waals surface area contributed by atoms with Crippen LogP contribution in [0.15, 0.2) is 12.1 Å². The lowest BCUT2D eigenvalue weighted by Crippen LogP contribution is -2.29. The summed E-state index contributed by atoms with van der Waals surface area (Å²) in [5.74, 6) is -5.05. The van der Waals surface area contributed by atoms with Crippen LogP contribution in [0.1, 0.15) is 114 Å². The van der Waals surface area contributed by atoms with Crippen molar-refractivity contribution in [1.29, 1.82) is 0 Å². The van der Waals surface area contributed by atoms with E-state index in [1.807, 2.05) is 0 Å². The first-order valence-electron chi connectivity index (χ1n) is 16.9. The lowest BCUT2D eigenvalue weighted by atomic mass is 9.79. The predicted molar refractivity (Wildman–Crippen MR) is 155 cm³/mol. The van der Waals surface area contributed by atoms with Crippen molar-refractivity contribution in [1.82, 2.24) is 0 Å². The summed E-state index contributed by atoms with van der Waals surface area (Å²) in [5, 5.41) is 0. The molecule has 0 bridgehead atoms. The summed E-state index contributed by atoms with van der Waals surface area (Å²) in [7, 11) is 0. The highest BCUT2D eigenvalue weighted by Crippen LogP contribution is 2.50. The first-order chi connectivity index (χ1) is 21.9. The molecule has 1 aromatic carbocycles. The van der Waals surface area contributed by atoms with Crippen molar-refractivity contribution in [3.8, 4) is 11.5 Å². The molecule has 46 heavy (non-hydrogen) atoms. The van der Waals surface area contributed by atoms with Crippen LogP contribution in [0, 0.1) is 23.7 Å². The topological polar surface area (TPSA) is 77.7 Å². The maximum atomic E-state index is 14.2. The van der Waals surface area contributed by atoms with E-state index in [0.29, 0.717) is 87.5 Å². The minimum absolute atomic E-state index is 0.378. The number of benzene rings is 1. The van der Waals surface area contributed by atoms with Crippen LogP contribution in [0.4, 0.5) is 26.3 Å². The van der Waals surface area contributed by atoms with Gasteiger partial charge in [-0.2, -0.15) is 26.3 Å². The molecule has 4 fully saturated rings. The molecule has 1 aromatic rings. The van der Waals surface area contributed by atoms with E-state index in [0.717, 1.165) is 64.6 Å². The van der Waals surface area contributed by atoms with E-state index in [-0.39, 0.29) is 0 Å². The van der Waals surface area contributed by atoms with E-state index < -0.39 is 58.8 Å². The quantitative estimate of drug-likeness (QED) is 0.0651. The van der Waals surface area contributed by atoms with Gasteiger partial charge in [0, 0.05) is 0 Å². The molecule has 0 radical (unpaired) electrons. The number of rotatable bonds is 14. The monoisotopic (exact) mass is 662 g/mol. The van der Waals surface area contributed by atoms with Crippen molar-refractivity contribution < 1.29 is 54.9 Å². The molecule has 12 heteroatoms. The summed E-state index contributed by atoms with van der Waals surface area (Å²) in [6.07, 6.45) is 2.29. The second kappa shape index (κ2) is 15.3. The summed E-state index contributed by atoms with van der Waals surface area (Å²) < 4.78 is 106. The molecule has 2 aliphatic carbocycles. The van der Waals surface area contributed by atoms with E-state index >= 15 is 0 Å². The van der Waals surface area contributed by atoms with E-state index in [4.69, 9.17) is 18.9 Å². The number of esters is 2. The SMILES string of the molecule is O=C(Oc1ccc(OC(=O)C2CCC(CCCCC3CO3)CC2)c(C(F)(F)F)c1C(F)(F)F)C1CCC(CCCCC2CO2)CC1. The van der Waals surface area contributed by atoms with Crippen LogP contribution in [-0.2, 0) is 31.4 Å². The lowest BCUT2D eigenvalue weighted by Gasteiger charge is -2.28. The molecule has 258 valence electrons. The van der Waals surface area contributed by atoms with Gasteiger partial charge in [0.1, 0.15) is 22.6 Å². The molecule has 2 atom stereocenters. The summed E-state index contributed by atoms with van der Waals surface area (Å²) in [6, 6.07) is 1.30. The van der Waals surface area contributed by atoms with E-state index in [1.165, 1.54) is 0 Å². The number of carbonyl (C=O) groups is 2. The third kappa shape index (κ3) is 10.1. The van der Waals surface area contributed by atoms with Gasteiger partial charge in [-0.25, -0.2) is 0 Å². The van der Waals surface area contributed by atoms with Gasteiger partial charge in [-0.05, 0) is 88.2 Å². The molecule has 4 aliphatic rings. The van der Waals surface area contributed by atoms with Crippen LogP contribution in [0.25, 0.3) is 0 Å². The zero-order valence-corrected chi connectivity index (χ0v) is 26.1. The molecule has 0 aromatic heterocycles. The molecule has 2 saturated carbocycles. The number of carbonyl (C=O) groups excluding carboxylic acids is 2. The van der Waals surface area contributed by atoms with Gasteiger partial charge in [-0.1, -0.05) is 38.5 Å². The standard InChI is InChI=1S/C34H44F6O6/c35-33(36,37)29-27(45-31(41)23-13-9-21(10-14-23)5-1-3-7-25-19-43-25)17-18-28(30(29)34(38,39)40)46-32(42)24-15-11-22(12-16-24)6-2-4-8-26-20-44-26/h17-18,21-26H,1-16,19-20H2. The summed E-state index contributed by atoms with van der Waals surface area (Å²) in [5.41, 5.74) is -4.32. The zero-order valence-electron chi connectivity index (χ0n) is 26.1. The minimum atomic E-state index is -5.53. The molecule has 2 saturated heterocycles. The van der Waals surface area contributed by atoms with Gasteiger partial charge < -0.3 is 18.9 Å². The molecule has 2 aliphatic heterocycles. The Morgan fingerprint density at radius 1 is 0.587 bits per heavy atom. The molecular formula is C34H44F6O6. The third-order valence-corrected chi connectivity index (χ3v) is 10.1. The van der Waals surface area contributed by atoms with Crippen molar-refractivity contribution in [3.05, 3.63) is 23.3 Å². The van der Waals surface area contributed by atoms with E-state index in [2.05, 4.69) is 0 Å². The highest BCUT2D eigenvalue weighted by atomic mass is 19.4. The molecule has 0 amide bonds. The number of halogens is 6. The van der Waals surface area contributed by atoms with Gasteiger partial charge in [-0.3, -0.25) is 9.59 Å². The Morgan fingerprint density at radius 2 is 0.913 bits per heavy atom. The summed E-state index contributed by atoms with van der Waals surface area (Å²) >= 11 is 0. The number of ether oxygens (including phenoxy) is 4. The highest BCUT2D eigenvalue weighted by Gasteiger charge is 2.49. The van der Waals surface area contributed by atoms with Gasteiger partial charge >= 0.3 is 24.3 Å². The van der Waals surface area contributed by atoms with Crippen molar-refractivity contribution >= 4 is 11.9 Å². The number of hydrogen-bond acceptors (Lipinski definition) is 6. The average molecular weight is 663 g/mol. The molecule has 6 nitrogen and oxygen atoms in total. The fourth-order valence-electron chi connectivity index (χ4n) is 7.13. The van der Waals surface area contributed by atoms with E-state index in [1.54, 1.807) is 0 Å². The molecular weight excluding hydrogens is 618 g/mol. The molecule has 2 heterocycles. The fourth-order valence-corrected chi connectivity index (χ4v) is 7.13. The normalized spacial score (nSPS) is 28.0. The van der Waals surface area contributed by atoms with Crippen LogP contribution >= 0.6 is 0 Å². The molecule has 0 N–H and O–H groups in total. The maximum Gasteiger partial charge on any atom is 0.420 e. The molecule has 0 spiro atoms. The van der Waals surface area contributed by atoms with Crippen molar-refractivity contribution in [2.75, 3.05) is 13.2 Å². The minimum Gasteiger partial charge on any atom is -0.426 e. The largest absolute Gasteiger partial charge is 0.426 e. The fraction of sp³-hybridized carbons (Fsp3) is 0.765. The maximum absolute atomic E-state index is 14.2. The average Bonchev–Trinajstić information content (AvgIpc) is 3.94. The van der Waals surface area contributed by atoms with Gasteiger partial charge in [0.15, 0.2) is 0 Å². The zero-order chi connectivity index (χ0) is 32.9. The third-order valence-electron chi connectivity index (χ3n) is 10.1. The smallest absolute Gasteiger partial charge is 0.420 e. The lowest BCUT2D eigenvalue weighted by molar-refractivity contribution is -0.166. The Labute approximate surface area is 265 Å². The molecule has 5 rings (SSSR count).